The van der Waals surface area contributed by atoms with Gasteiger partial charge in [-0.15, -0.1) is 0 Å². The Kier molecular flexibility index (Phi) is 8.61. The fraction of sp³-hybridized carbons (Fsp3) is 1.00. The SMILES string of the molecule is CCCNCC1CCCN1CCOCCOC. The normalized spacial score (nSPS) is 21.2. The lowest BCUT2D eigenvalue weighted by Gasteiger charge is -2.24. The van der Waals surface area contributed by atoms with Gasteiger partial charge in [0, 0.05) is 26.2 Å². The van der Waals surface area contributed by atoms with Gasteiger partial charge in [-0.05, 0) is 32.4 Å². The third kappa shape index (κ3) is 6.36. The lowest BCUT2D eigenvalue weighted by atomic mass is 10.2. The molecule has 102 valence electrons. The molecule has 4 nitrogen and oxygen atoms in total. The van der Waals surface area contributed by atoms with E-state index in [1.54, 1.807) is 7.11 Å². The van der Waals surface area contributed by atoms with Crippen molar-refractivity contribution < 1.29 is 9.47 Å². The molecule has 17 heavy (non-hydrogen) atoms. The summed E-state index contributed by atoms with van der Waals surface area (Å²) in [6.07, 6.45) is 3.87. The van der Waals surface area contributed by atoms with Crippen LogP contribution in [0.15, 0.2) is 0 Å². The molecule has 1 saturated heterocycles. The average molecular weight is 244 g/mol. The van der Waals surface area contributed by atoms with Crippen LogP contribution in [0.2, 0.25) is 0 Å². The molecule has 0 aromatic rings. The molecular formula is C13H28N2O2. The van der Waals surface area contributed by atoms with Gasteiger partial charge in [-0.1, -0.05) is 6.92 Å². The Morgan fingerprint density at radius 3 is 2.94 bits per heavy atom. The largest absolute Gasteiger partial charge is 0.382 e. The van der Waals surface area contributed by atoms with Gasteiger partial charge < -0.3 is 14.8 Å². The molecule has 1 unspecified atom stereocenters. The quantitative estimate of drug-likeness (QED) is 0.584. The second-order valence-electron chi connectivity index (χ2n) is 4.64. The number of nitrogens with one attached hydrogen (secondary N) is 1. The molecule has 0 spiro atoms. The lowest BCUT2D eigenvalue weighted by molar-refractivity contribution is 0.0552. The number of hydrogen-bond donors (Lipinski definition) is 1. The number of methoxy groups -OCH3 is 1. The molecular weight excluding hydrogens is 216 g/mol. The van der Waals surface area contributed by atoms with Gasteiger partial charge in [-0.3, -0.25) is 4.90 Å². The van der Waals surface area contributed by atoms with Crippen molar-refractivity contribution in [2.24, 2.45) is 0 Å². The van der Waals surface area contributed by atoms with Gasteiger partial charge in [0.25, 0.3) is 0 Å². The highest BCUT2D eigenvalue weighted by Crippen LogP contribution is 2.15. The van der Waals surface area contributed by atoms with Crippen LogP contribution in [-0.4, -0.2) is 64.1 Å². The third-order valence-corrected chi connectivity index (χ3v) is 3.26. The lowest BCUT2D eigenvalue weighted by Crippen LogP contribution is -2.39. The molecule has 1 heterocycles. The Labute approximate surface area is 106 Å². The molecule has 1 aliphatic heterocycles. The highest BCUT2D eigenvalue weighted by Gasteiger charge is 2.23. The monoisotopic (exact) mass is 244 g/mol. The van der Waals surface area contributed by atoms with Crippen LogP contribution in [0.1, 0.15) is 26.2 Å². The van der Waals surface area contributed by atoms with Gasteiger partial charge >= 0.3 is 0 Å². The van der Waals surface area contributed by atoms with Gasteiger partial charge in [-0.2, -0.15) is 0 Å². The van der Waals surface area contributed by atoms with Gasteiger partial charge in [0.15, 0.2) is 0 Å². The molecule has 0 radical (unpaired) electrons. The van der Waals surface area contributed by atoms with Crippen LogP contribution < -0.4 is 5.32 Å². The van der Waals surface area contributed by atoms with Crippen molar-refractivity contribution in [1.82, 2.24) is 10.2 Å². The van der Waals surface area contributed by atoms with Crippen molar-refractivity contribution in [3.63, 3.8) is 0 Å². The average Bonchev–Trinajstić information content (AvgIpc) is 2.77. The highest BCUT2D eigenvalue weighted by atomic mass is 16.5. The Morgan fingerprint density at radius 1 is 1.29 bits per heavy atom. The van der Waals surface area contributed by atoms with Crippen LogP contribution in [0.5, 0.6) is 0 Å². The van der Waals surface area contributed by atoms with Crippen LogP contribution in [0.3, 0.4) is 0 Å². The summed E-state index contributed by atoms with van der Waals surface area (Å²) in [5.74, 6) is 0. The van der Waals surface area contributed by atoms with Crippen molar-refractivity contribution in [3.8, 4) is 0 Å². The smallest absolute Gasteiger partial charge is 0.0700 e. The first-order valence-corrected chi connectivity index (χ1v) is 6.90. The molecule has 0 aliphatic carbocycles. The Hall–Kier alpha value is -0.160. The maximum Gasteiger partial charge on any atom is 0.0700 e. The number of ether oxygens (including phenoxy) is 2. The predicted octanol–water partition coefficient (Wildman–Crippen LogP) is 1.11. The second kappa shape index (κ2) is 9.83. The molecule has 1 N–H and O–H groups in total. The summed E-state index contributed by atoms with van der Waals surface area (Å²) >= 11 is 0. The van der Waals surface area contributed by atoms with Gasteiger partial charge in [0.2, 0.25) is 0 Å². The van der Waals surface area contributed by atoms with Crippen molar-refractivity contribution >= 4 is 0 Å². The van der Waals surface area contributed by atoms with Crippen LogP contribution in [-0.2, 0) is 9.47 Å². The minimum atomic E-state index is 0.696. The number of rotatable bonds is 10. The Balaban J connectivity index is 2.05. The van der Waals surface area contributed by atoms with Gasteiger partial charge in [0.05, 0.1) is 19.8 Å². The molecule has 0 aromatic heterocycles. The van der Waals surface area contributed by atoms with E-state index in [0.717, 1.165) is 26.2 Å². The second-order valence-corrected chi connectivity index (χ2v) is 4.64. The summed E-state index contributed by atoms with van der Waals surface area (Å²) in [7, 11) is 1.71. The van der Waals surface area contributed by atoms with Crippen molar-refractivity contribution in [2.45, 2.75) is 32.2 Å². The fourth-order valence-corrected chi connectivity index (χ4v) is 2.29. The molecule has 0 aromatic carbocycles. The number of nitrogens with zero attached hydrogens (tertiary/aromatic N) is 1. The zero-order valence-electron chi connectivity index (χ0n) is 11.4. The summed E-state index contributed by atoms with van der Waals surface area (Å²) in [6.45, 7) is 9.00. The molecule has 1 fully saturated rings. The zero-order chi connectivity index (χ0) is 12.3. The van der Waals surface area contributed by atoms with Gasteiger partial charge in [-0.25, -0.2) is 0 Å². The van der Waals surface area contributed by atoms with Crippen LogP contribution in [0.4, 0.5) is 0 Å². The number of likely N-dealkylation sites (tertiary alicyclic amines) is 1. The minimum absolute atomic E-state index is 0.696. The fourth-order valence-electron chi connectivity index (χ4n) is 2.29. The van der Waals surface area contributed by atoms with Crippen molar-refractivity contribution in [3.05, 3.63) is 0 Å². The van der Waals surface area contributed by atoms with E-state index in [2.05, 4.69) is 17.1 Å². The Bertz CT molecular complexity index is 179. The molecule has 0 bridgehead atoms. The summed E-state index contributed by atoms with van der Waals surface area (Å²) in [4.78, 5) is 2.55. The molecule has 1 aliphatic rings. The summed E-state index contributed by atoms with van der Waals surface area (Å²) in [6, 6.07) is 0.715. The van der Waals surface area contributed by atoms with Crippen LogP contribution >= 0.6 is 0 Å². The molecule has 0 saturated carbocycles. The Morgan fingerprint density at radius 2 is 2.18 bits per heavy atom. The third-order valence-electron chi connectivity index (χ3n) is 3.26. The maximum absolute atomic E-state index is 5.52. The minimum Gasteiger partial charge on any atom is -0.382 e. The molecule has 0 amide bonds. The van der Waals surface area contributed by atoms with Crippen molar-refractivity contribution in [2.75, 3.05) is 53.1 Å². The van der Waals surface area contributed by atoms with E-state index in [9.17, 15) is 0 Å². The van der Waals surface area contributed by atoms with E-state index in [-0.39, 0.29) is 0 Å². The predicted molar refractivity (Wildman–Crippen MR) is 70.5 cm³/mol. The summed E-state index contributed by atoms with van der Waals surface area (Å²) in [5, 5.41) is 3.52. The van der Waals surface area contributed by atoms with Crippen LogP contribution in [0, 0.1) is 0 Å². The first kappa shape index (κ1) is 14.9. The summed E-state index contributed by atoms with van der Waals surface area (Å²) < 4.78 is 10.5. The standard InChI is InChI=1S/C13H28N2O2/c1-3-6-14-12-13-5-4-7-15(13)8-9-17-11-10-16-2/h13-14H,3-12H2,1-2H3. The molecule has 1 atom stereocenters. The first-order valence-electron chi connectivity index (χ1n) is 6.90. The van der Waals surface area contributed by atoms with E-state index in [1.165, 1.54) is 25.8 Å². The zero-order valence-corrected chi connectivity index (χ0v) is 11.4. The van der Waals surface area contributed by atoms with E-state index in [1.807, 2.05) is 0 Å². The van der Waals surface area contributed by atoms with Crippen LogP contribution in [0.25, 0.3) is 0 Å². The maximum atomic E-state index is 5.52. The van der Waals surface area contributed by atoms with Crippen molar-refractivity contribution in [1.29, 1.82) is 0 Å². The molecule has 1 rings (SSSR count). The van der Waals surface area contributed by atoms with E-state index in [0.29, 0.717) is 19.3 Å². The van der Waals surface area contributed by atoms with E-state index >= 15 is 0 Å². The first-order chi connectivity index (χ1) is 8.38. The van der Waals surface area contributed by atoms with E-state index < -0.39 is 0 Å². The van der Waals surface area contributed by atoms with E-state index in [4.69, 9.17) is 9.47 Å². The molecule has 4 heteroatoms. The topological polar surface area (TPSA) is 33.7 Å². The number of hydrogen-bond acceptors (Lipinski definition) is 4. The van der Waals surface area contributed by atoms with Gasteiger partial charge in [0.1, 0.15) is 0 Å². The summed E-state index contributed by atoms with van der Waals surface area (Å²) in [5.41, 5.74) is 0. The highest BCUT2D eigenvalue weighted by molar-refractivity contribution is 4.80.